The number of hydrogen-bond donors (Lipinski definition) is 2. The SMILES string of the molecule is COc1c(F)cc(F)cc1CNC1C2CCC(C2)NC1c1ccccc1. The molecule has 1 saturated heterocycles. The zero-order valence-electron chi connectivity index (χ0n) is 14.8. The van der Waals surface area contributed by atoms with E-state index in [0.29, 0.717) is 24.1 Å². The summed E-state index contributed by atoms with van der Waals surface area (Å²) in [5.41, 5.74) is 1.76. The van der Waals surface area contributed by atoms with E-state index in [2.05, 4.69) is 34.9 Å². The van der Waals surface area contributed by atoms with Gasteiger partial charge < -0.3 is 15.4 Å². The molecule has 4 rings (SSSR count). The third-order valence-electron chi connectivity index (χ3n) is 5.73. The lowest BCUT2D eigenvalue weighted by molar-refractivity contribution is 0.224. The van der Waals surface area contributed by atoms with Crippen molar-refractivity contribution in [3.63, 3.8) is 0 Å². The van der Waals surface area contributed by atoms with Gasteiger partial charge in [-0.2, -0.15) is 0 Å². The van der Waals surface area contributed by atoms with Gasteiger partial charge >= 0.3 is 0 Å². The molecule has 0 aromatic heterocycles. The Morgan fingerprint density at radius 2 is 1.96 bits per heavy atom. The highest BCUT2D eigenvalue weighted by Crippen LogP contribution is 2.40. The fourth-order valence-corrected chi connectivity index (χ4v) is 4.57. The van der Waals surface area contributed by atoms with Gasteiger partial charge in [-0.3, -0.25) is 0 Å². The average Bonchev–Trinajstić information content (AvgIpc) is 3.03. The second-order valence-corrected chi connectivity index (χ2v) is 7.31. The molecule has 2 aliphatic rings. The molecule has 4 atom stereocenters. The first kappa shape index (κ1) is 17.4. The van der Waals surface area contributed by atoms with E-state index in [4.69, 9.17) is 4.74 Å². The van der Waals surface area contributed by atoms with Crippen molar-refractivity contribution in [1.29, 1.82) is 0 Å². The van der Waals surface area contributed by atoms with Crippen molar-refractivity contribution in [3.8, 4) is 5.75 Å². The first-order valence-corrected chi connectivity index (χ1v) is 9.22. The Kier molecular flexibility index (Phi) is 4.92. The number of piperidine rings is 1. The third-order valence-corrected chi connectivity index (χ3v) is 5.73. The number of ether oxygens (including phenoxy) is 1. The van der Waals surface area contributed by atoms with Crippen molar-refractivity contribution in [2.75, 3.05) is 7.11 Å². The van der Waals surface area contributed by atoms with Crippen LogP contribution in [-0.2, 0) is 6.54 Å². The summed E-state index contributed by atoms with van der Waals surface area (Å²) < 4.78 is 32.8. The Morgan fingerprint density at radius 1 is 1.15 bits per heavy atom. The summed E-state index contributed by atoms with van der Waals surface area (Å²) in [4.78, 5) is 0. The molecule has 1 aliphatic carbocycles. The number of rotatable bonds is 5. The minimum atomic E-state index is -0.661. The molecule has 5 heteroatoms. The predicted molar refractivity (Wildman–Crippen MR) is 97.0 cm³/mol. The molecule has 138 valence electrons. The van der Waals surface area contributed by atoms with E-state index in [1.807, 2.05) is 6.07 Å². The van der Waals surface area contributed by atoms with E-state index in [1.54, 1.807) is 0 Å². The topological polar surface area (TPSA) is 33.3 Å². The molecule has 2 aromatic carbocycles. The van der Waals surface area contributed by atoms with Crippen molar-refractivity contribution < 1.29 is 13.5 Å². The van der Waals surface area contributed by atoms with Gasteiger partial charge in [-0.05, 0) is 36.8 Å². The molecule has 2 aromatic rings. The van der Waals surface area contributed by atoms with Gasteiger partial charge in [0.05, 0.1) is 7.11 Å². The Bertz CT molecular complexity index is 768. The number of nitrogens with one attached hydrogen (secondary N) is 2. The fourth-order valence-electron chi connectivity index (χ4n) is 4.57. The molecular weight excluding hydrogens is 334 g/mol. The van der Waals surface area contributed by atoms with Gasteiger partial charge in [0.1, 0.15) is 5.82 Å². The van der Waals surface area contributed by atoms with Crippen molar-refractivity contribution >= 4 is 0 Å². The van der Waals surface area contributed by atoms with Gasteiger partial charge in [-0.1, -0.05) is 30.3 Å². The summed E-state index contributed by atoms with van der Waals surface area (Å²) in [6.07, 6.45) is 3.51. The Morgan fingerprint density at radius 3 is 2.73 bits per heavy atom. The van der Waals surface area contributed by atoms with Crippen LogP contribution in [0.15, 0.2) is 42.5 Å². The predicted octanol–water partition coefficient (Wildman–Crippen LogP) is 3.94. The van der Waals surface area contributed by atoms with Crippen molar-refractivity contribution in [3.05, 3.63) is 65.2 Å². The molecular formula is C21H24F2N2O. The van der Waals surface area contributed by atoms with Crippen LogP contribution in [0, 0.1) is 17.6 Å². The van der Waals surface area contributed by atoms with Gasteiger partial charge in [-0.25, -0.2) is 8.78 Å². The standard InChI is InChI=1S/C21H24F2N2O/c1-26-21-15(9-16(22)11-18(21)23)12-24-19-14-7-8-17(10-14)25-20(19)13-5-3-2-4-6-13/h2-6,9,11,14,17,19-20,24-25H,7-8,10,12H2,1H3. The second kappa shape index (κ2) is 7.33. The molecule has 1 heterocycles. The highest BCUT2D eigenvalue weighted by Gasteiger charge is 2.41. The van der Waals surface area contributed by atoms with Crippen LogP contribution < -0.4 is 15.4 Å². The Labute approximate surface area is 152 Å². The zero-order valence-corrected chi connectivity index (χ0v) is 14.8. The molecule has 26 heavy (non-hydrogen) atoms. The van der Waals surface area contributed by atoms with Gasteiger partial charge in [0.2, 0.25) is 0 Å². The van der Waals surface area contributed by atoms with Crippen molar-refractivity contribution in [2.45, 2.75) is 43.9 Å². The number of hydrogen-bond acceptors (Lipinski definition) is 3. The normalized spacial score (nSPS) is 27.5. The maximum atomic E-state index is 14.0. The molecule has 2 N–H and O–H groups in total. The highest BCUT2D eigenvalue weighted by atomic mass is 19.1. The maximum absolute atomic E-state index is 14.0. The van der Waals surface area contributed by atoms with Crippen LogP contribution in [0.3, 0.4) is 0 Å². The molecule has 4 unspecified atom stereocenters. The summed E-state index contributed by atoms with van der Waals surface area (Å²) >= 11 is 0. The minimum absolute atomic E-state index is 0.114. The Hall–Kier alpha value is -1.98. The second-order valence-electron chi connectivity index (χ2n) is 7.31. The van der Waals surface area contributed by atoms with Crippen LogP contribution in [0.1, 0.15) is 36.4 Å². The quantitative estimate of drug-likeness (QED) is 0.849. The van der Waals surface area contributed by atoms with Crippen molar-refractivity contribution in [1.82, 2.24) is 10.6 Å². The van der Waals surface area contributed by atoms with Gasteiger partial charge in [0, 0.05) is 36.3 Å². The summed E-state index contributed by atoms with van der Waals surface area (Å²) in [5.74, 6) is -0.562. The summed E-state index contributed by atoms with van der Waals surface area (Å²) in [6.45, 7) is 0.370. The van der Waals surface area contributed by atoms with Crippen LogP contribution in [0.4, 0.5) is 8.78 Å². The number of halogens is 2. The molecule has 3 nitrogen and oxygen atoms in total. The number of fused-ring (bicyclic) bond motifs is 2. The third kappa shape index (κ3) is 3.33. The molecule has 2 fully saturated rings. The molecule has 1 aliphatic heterocycles. The lowest BCUT2D eigenvalue weighted by Crippen LogP contribution is -2.51. The van der Waals surface area contributed by atoms with E-state index in [1.165, 1.54) is 31.6 Å². The zero-order chi connectivity index (χ0) is 18.1. The van der Waals surface area contributed by atoms with E-state index in [0.717, 1.165) is 12.5 Å². The van der Waals surface area contributed by atoms with E-state index >= 15 is 0 Å². The lowest BCUT2D eigenvalue weighted by atomic mass is 9.84. The first-order chi connectivity index (χ1) is 12.7. The van der Waals surface area contributed by atoms with Crippen molar-refractivity contribution in [2.24, 2.45) is 5.92 Å². The van der Waals surface area contributed by atoms with Crippen LogP contribution in [0.25, 0.3) is 0 Å². The van der Waals surface area contributed by atoms with E-state index in [-0.39, 0.29) is 17.8 Å². The molecule has 0 amide bonds. The summed E-state index contributed by atoms with van der Waals surface area (Å²) in [6, 6.07) is 13.6. The number of benzene rings is 2. The summed E-state index contributed by atoms with van der Waals surface area (Å²) in [7, 11) is 1.41. The number of methoxy groups -OCH3 is 1. The molecule has 2 bridgehead atoms. The smallest absolute Gasteiger partial charge is 0.168 e. The van der Waals surface area contributed by atoms with Gasteiger partial charge in [0.25, 0.3) is 0 Å². The largest absolute Gasteiger partial charge is 0.493 e. The van der Waals surface area contributed by atoms with E-state index < -0.39 is 11.6 Å². The summed E-state index contributed by atoms with van der Waals surface area (Å²) in [5, 5.41) is 7.32. The highest BCUT2D eigenvalue weighted by molar-refractivity contribution is 5.35. The van der Waals surface area contributed by atoms with Crippen LogP contribution in [0.2, 0.25) is 0 Å². The van der Waals surface area contributed by atoms with Gasteiger partial charge in [0.15, 0.2) is 11.6 Å². The van der Waals surface area contributed by atoms with E-state index in [9.17, 15) is 8.78 Å². The molecule has 1 saturated carbocycles. The fraction of sp³-hybridized carbons (Fsp3) is 0.429. The monoisotopic (exact) mass is 358 g/mol. The van der Waals surface area contributed by atoms with Crippen LogP contribution in [0.5, 0.6) is 5.75 Å². The molecule has 0 radical (unpaired) electrons. The lowest BCUT2D eigenvalue weighted by Gasteiger charge is -2.39. The Balaban J connectivity index is 1.57. The van der Waals surface area contributed by atoms with Crippen LogP contribution >= 0.6 is 0 Å². The van der Waals surface area contributed by atoms with Gasteiger partial charge in [-0.15, -0.1) is 0 Å². The van der Waals surface area contributed by atoms with Crippen LogP contribution in [-0.4, -0.2) is 19.2 Å². The average molecular weight is 358 g/mol. The first-order valence-electron chi connectivity index (χ1n) is 9.22. The minimum Gasteiger partial charge on any atom is -0.493 e. The maximum Gasteiger partial charge on any atom is 0.168 e. The molecule has 0 spiro atoms.